The van der Waals surface area contributed by atoms with E-state index in [9.17, 15) is 0 Å². The Balaban J connectivity index is 1.71. The van der Waals surface area contributed by atoms with Crippen molar-refractivity contribution in [3.63, 3.8) is 0 Å². The third kappa shape index (κ3) is 5.87. The molecule has 0 aliphatic rings. The van der Waals surface area contributed by atoms with Gasteiger partial charge in [0.05, 0.1) is 14.2 Å². The van der Waals surface area contributed by atoms with E-state index in [1.165, 1.54) is 11.8 Å². The minimum Gasteiger partial charge on any atom is -0.497 e. The molecule has 0 saturated carbocycles. The van der Waals surface area contributed by atoms with E-state index >= 15 is 0 Å². The van der Waals surface area contributed by atoms with Crippen molar-refractivity contribution < 1.29 is 14.3 Å². The number of ether oxygens (including phenoxy) is 2. The molecule has 8 heteroatoms. The van der Waals surface area contributed by atoms with Crippen LogP contribution in [0.1, 0.15) is 17.0 Å². The van der Waals surface area contributed by atoms with Gasteiger partial charge in [0, 0.05) is 23.3 Å². The lowest BCUT2D eigenvalue weighted by Gasteiger charge is -2.09. The summed E-state index contributed by atoms with van der Waals surface area (Å²) >= 11 is 1.53. The van der Waals surface area contributed by atoms with Gasteiger partial charge in [0.2, 0.25) is 5.16 Å². The van der Waals surface area contributed by atoms with E-state index in [0.717, 1.165) is 39.9 Å². The van der Waals surface area contributed by atoms with Crippen molar-refractivity contribution >= 4 is 17.5 Å². The van der Waals surface area contributed by atoms with Crippen LogP contribution in [-0.2, 0) is 11.3 Å². The van der Waals surface area contributed by atoms with Crippen LogP contribution in [0.4, 0.5) is 0 Å². The molecule has 3 aromatic rings. The van der Waals surface area contributed by atoms with Crippen molar-refractivity contribution in [2.45, 2.75) is 11.6 Å². The first-order chi connectivity index (χ1) is 14.7. The number of hydrogen-bond acceptors (Lipinski definition) is 7. The smallest absolute Gasteiger partial charge is 0.208 e. The minimum absolute atomic E-state index is 0.372. The van der Waals surface area contributed by atoms with Gasteiger partial charge in [0.25, 0.3) is 0 Å². The molecule has 7 nitrogen and oxygen atoms in total. The molecule has 0 aliphatic heterocycles. The SMILES string of the molecule is C=CCSc1n[nH]c(CCON=C(c2ccc(OC)cc2)c2ccc(OC)cc2)n1. The molecule has 0 amide bonds. The number of aromatic amines is 1. The lowest BCUT2D eigenvalue weighted by Crippen LogP contribution is -2.06. The van der Waals surface area contributed by atoms with E-state index in [0.29, 0.717) is 18.2 Å². The Morgan fingerprint density at radius 3 is 2.17 bits per heavy atom. The van der Waals surface area contributed by atoms with Crippen LogP contribution in [0.5, 0.6) is 11.5 Å². The Kier molecular flexibility index (Phi) is 7.91. The number of H-pyrrole nitrogens is 1. The van der Waals surface area contributed by atoms with Gasteiger partial charge in [-0.3, -0.25) is 5.10 Å². The van der Waals surface area contributed by atoms with Crippen LogP contribution in [0.3, 0.4) is 0 Å². The molecule has 0 spiro atoms. The van der Waals surface area contributed by atoms with Crippen molar-refractivity contribution in [1.82, 2.24) is 15.2 Å². The lowest BCUT2D eigenvalue weighted by molar-refractivity contribution is 0.146. The monoisotopic (exact) mass is 424 g/mol. The number of hydrogen-bond donors (Lipinski definition) is 1. The maximum atomic E-state index is 5.63. The number of nitrogens with one attached hydrogen (secondary N) is 1. The first-order valence-electron chi connectivity index (χ1n) is 9.37. The number of oxime groups is 1. The summed E-state index contributed by atoms with van der Waals surface area (Å²) in [7, 11) is 3.28. The fourth-order valence-corrected chi connectivity index (χ4v) is 3.16. The molecule has 0 unspecified atom stereocenters. The molecule has 1 aromatic heterocycles. The molecule has 0 saturated heterocycles. The van der Waals surface area contributed by atoms with E-state index in [2.05, 4.69) is 26.9 Å². The number of nitrogens with zero attached hydrogens (tertiary/aromatic N) is 3. The van der Waals surface area contributed by atoms with Crippen molar-refractivity contribution in [3.8, 4) is 11.5 Å². The zero-order valence-corrected chi connectivity index (χ0v) is 17.8. The second-order valence-corrected chi connectivity index (χ2v) is 7.13. The Hall–Kier alpha value is -3.26. The second kappa shape index (κ2) is 11.1. The van der Waals surface area contributed by atoms with E-state index in [-0.39, 0.29) is 0 Å². The van der Waals surface area contributed by atoms with Crippen LogP contribution >= 0.6 is 11.8 Å². The van der Waals surface area contributed by atoms with Gasteiger partial charge in [0.15, 0.2) is 0 Å². The summed E-state index contributed by atoms with van der Waals surface area (Å²) in [5.74, 6) is 3.09. The lowest BCUT2D eigenvalue weighted by atomic mass is 10.0. The third-order valence-electron chi connectivity index (χ3n) is 4.15. The largest absolute Gasteiger partial charge is 0.497 e. The van der Waals surface area contributed by atoms with Crippen molar-refractivity contribution in [1.29, 1.82) is 0 Å². The van der Waals surface area contributed by atoms with Crippen LogP contribution in [0, 0.1) is 0 Å². The van der Waals surface area contributed by atoms with Gasteiger partial charge >= 0.3 is 0 Å². The Morgan fingerprint density at radius 2 is 1.63 bits per heavy atom. The molecule has 2 aromatic carbocycles. The van der Waals surface area contributed by atoms with Gasteiger partial charge in [-0.1, -0.05) is 23.0 Å². The van der Waals surface area contributed by atoms with E-state index < -0.39 is 0 Å². The summed E-state index contributed by atoms with van der Waals surface area (Å²) in [5, 5.41) is 12.2. The van der Waals surface area contributed by atoms with Crippen molar-refractivity contribution in [3.05, 3.63) is 78.1 Å². The summed E-state index contributed by atoms with van der Waals surface area (Å²) < 4.78 is 10.5. The zero-order chi connectivity index (χ0) is 21.2. The first-order valence-corrected chi connectivity index (χ1v) is 10.4. The van der Waals surface area contributed by atoms with E-state index in [1.54, 1.807) is 14.2 Å². The molecule has 3 rings (SSSR count). The van der Waals surface area contributed by atoms with Crippen LogP contribution < -0.4 is 9.47 Å². The van der Waals surface area contributed by atoms with E-state index in [1.807, 2.05) is 54.6 Å². The molecule has 0 fully saturated rings. The Bertz CT molecular complexity index is 919. The van der Waals surface area contributed by atoms with Gasteiger partial charge in [0.1, 0.15) is 29.6 Å². The van der Waals surface area contributed by atoms with Crippen LogP contribution in [0.15, 0.2) is 71.5 Å². The first kappa shape index (κ1) is 21.4. The molecule has 30 heavy (non-hydrogen) atoms. The van der Waals surface area contributed by atoms with Crippen molar-refractivity contribution in [2.75, 3.05) is 26.6 Å². The van der Waals surface area contributed by atoms with Crippen LogP contribution in [0.2, 0.25) is 0 Å². The predicted molar refractivity (Wildman–Crippen MR) is 119 cm³/mol. The molecule has 0 atom stereocenters. The van der Waals surface area contributed by atoms with Gasteiger partial charge in [-0.2, -0.15) is 0 Å². The minimum atomic E-state index is 0.372. The topological polar surface area (TPSA) is 81.6 Å². The Labute approximate surface area is 180 Å². The van der Waals surface area contributed by atoms with Gasteiger partial charge in [-0.25, -0.2) is 4.98 Å². The average Bonchev–Trinajstić information content (AvgIpc) is 3.26. The molecule has 0 radical (unpaired) electrons. The zero-order valence-electron chi connectivity index (χ0n) is 17.0. The second-order valence-electron chi connectivity index (χ2n) is 6.14. The van der Waals surface area contributed by atoms with Gasteiger partial charge < -0.3 is 14.3 Å². The highest BCUT2D eigenvalue weighted by atomic mass is 32.2. The summed E-state index contributed by atoms with van der Waals surface area (Å²) in [6, 6.07) is 15.4. The highest BCUT2D eigenvalue weighted by Gasteiger charge is 2.10. The quantitative estimate of drug-likeness (QED) is 0.164. The normalized spacial score (nSPS) is 10.3. The van der Waals surface area contributed by atoms with E-state index in [4.69, 9.17) is 14.3 Å². The summed E-state index contributed by atoms with van der Waals surface area (Å²) in [4.78, 5) is 10.0. The van der Waals surface area contributed by atoms with Gasteiger partial charge in [-0.15, -0.1) is 11.7 Å². The molecule has 0 bridgehead atoms. The molecular formula is C22H24N4O3S. The maximum absolute atomic E-state index is 5.63. The van der Waals surface area contributed by atoms with Crippen LogP contribution in [-0.4, -0.2) is 47.5 Å². The highest BCUT2D eigenvalue weighted by Crippen LogP contribution is 2.19. The van der Waals surface area contributed by atoms with Gasteiger partial charge in [-0.05, 0) is 48.5 Å². The number of methoxy groups -OCH3 is 2. The molecule has 1 N–H and O–H groups in total. The maximum Gasteiger partial charge on any atom is 0.208 e. The molecular weight excluding hydrogens is 400 g/mol. The fourth-order valence-electron chi connectivity index (χ4n) is 2.61. The number of aromatic nitrogens is 3. The molecule has 0 aliphatic carbocycles. The number of rotatable bonds is 11. The molecule has 1 heterocycles. The third-order valence-corrected chi connectivity index (χ3v) is 5.00. The Morgan fingerprint density at radius 1 is 1.03 bits per heavy atom. The fraction of sp³-hybridized carbons (Fsp3) is 0.227. The summed E-state index contributed by atoms with van der Waals surface area (Å²) in [6.07, 6.45) is 2.39. The number of benzene rings is 2. The predicted octanol–water partition coefficient (Wildman–Crippen LogP) is 4.11. The van der Waals surface area contributed by atoms with Crippen LogP contribution in [0.25, 0.3) is 0 Å². The summed E-state index contributed by atoms with van der Waals surface area (Å²) in [5.41, 5.74) is 2.56. The standard InChI is InChI=1S/C22H24N4O3S/c1-4-15-30-22-23-20(24-25-22)13-14-29-26-21(16-5-9-18(27-2)10-6-16)17-7-11-19(28-3)12-8-17/h4-12H,1,13-15H2,2-3H3,(H,23,24,25). The highest BCUT2D eigenvalue weighted by molar-refractivity contribution is 7.99. The average molecular weight is 425 g/mol. The molecule has 156 valence electrons. The number of thioether (sulfide) groups is 1. The van der Waals surface area contributed by atoms with Crippen molar-refractivity contribution in [2.24, 2.45) is 5.16 Å². The summed E-state index contributed by atoms with van der Waals surface area (Å²) in [6.45, 7) is 4.07.